The number of phenolic OH excluding ortho intramolecular Hbond substituents is 1. The van der Waals surface area contributed by atoms with E-state index in [0.29, 0.717) is 6.42 Å². The Labute approximate surface area is 142 Å². The Kier molecular flexibility index (Phi) is 5.32. The number of carbonyl (C=O) groups excluding carboxylic acids is 1. The van der Waals surface area contributed by atoms with Crippen LogP contribution in [0.1, 0.15) is 59.8 Å². The summed E-state index contributed by atoms with van der Waals surface area (Å²) < 4.78 is 5.07. The van der Waals surface area contributed by atoms with Crippen molar-refractivity contribution >= 4 is 11.9 Å². The maximum absolute atomic E-state index is 11.9. The van der Waals surface area contributed by atoms with Gasteiger partial charge in [0.05, 0.1) is 6.42 Å². The van der Waals surface area contributed by atoms with E-state index in [2.05, 4.69) is 0 Å². The van der Waals surface area contributed by atoms with Crippen molar-refractivity contribution in [2.24, 2.45) is 5.92 Å². The number of aromatic hydroxyl groups is 1. The number of fused-ring (bicyclic) bond motifs is 1. The molecule has 130 valence electrons. The quantitative estimate of drug-likeness (QED) is 0.615. The maximum Gasteiger partial charge on any atom is 0.342 e. The third-order valence-electron chi connectivity index (χ3n) is 4.89. The molecular formula is C19H24O5. The zero-order chi connectivity index (χ0) is 18.0. The number of allylic oxidation sites excluding steroid dienone is 2. The molecule has 0 radical (unpaired) electrons. The summed E-state index contributed by atoms with van der Waals surface area (Å²) in [5.41, 5.74) is 4.77. The first kappa shape index (κ1) is 18.0. The number of rotatable bonds is 6. The molecule has 1 aromatic rings. The van der Waals surface area contributed by atoms with Gasteiger partial charge in [-0.05, 0) is 43.7 Å². The van der Waals surface area contributed by atoms with Gasteiger partial charge in [-0.2, -0.15) is 0 Å². The molecule has 2 N–H and O–H groups in total. The van der Waals surface area contributed by atoms with Crippen LogP contribution in [0, 0.1) is 12.8 Å². The second-order valence-electron chi connectivity index (χ2n) is 6.37. The summed E-state index contributed by atoms with van der Waals surface area (Å²) in [5.74, 6) is -1.38. The van der Waals surface area contributed by atoms with Crippen molar-refractivity contribution in [1.29, 1.82) is 0 Å². The van der Waals surface area contributed by atoms with Crippen LogP contribution >= 0.6 is 0 Å². The minimum atomic E-state index is -0.830. The molecule has 0 saturated carbocycles. The van der Waals surface area contributed by atoms with Gasteiger partial charge in [0.15, 0.2) is 0 Å². The van der Waals surface area contributed by atoms with Crippen LogP contribution in [0.3, 0.4) is 0 Å². The van der Waals surface area contributed by atoms with Crippen LogP contribution < -0.4 is 0 Å². The minimum absolute atomic E-state index is 0.00453. The second kappa shape index (κ2) is 7.07. The van der Waals surface area contributed by atoms with Crippen LogP contribution in [-0.4, -0.2) is 22.2 Å². The fraction of sp³-hybridized carbons (Fsp3) is 0.474. The molecule has 24 heavy (non-hydrogen) atoms. The average molecular weight is 332 g/mol. The molecule has 2 rings (SSSR count). The van der Waals surface area contributed by atoms with Crippen LogP contribution in [0.25, 0.3) is 0 Å². The Morgan fingerprint density at radius 1 is 1.38 bits per heavy atom. The van der Waals surface area contributed by atoms with Gasteiger partial charge in [0.2, 0.25) is 0 Å². The fourth-order valence-corrected chi connectivity index (χ4v) is 3.23. The molecule has 1 aliphatic heterocycles. The molecule has 1 aromatic carbocycles. The summed E-state index contributed by atoms with van der Waals surface area (Å²) in [6, 6.07) is 0. The summed E-state index contributed by atoms with van der Waals surface area (Å²) in [4.78, 5) is 22.7. The van der Waals surface area contributed by atoms with Gasteiger partial charge in [-0.1, -0.05) is 25.5 Å². The highest BCUT2D eigenvalue weighted by atomic mass is 16.5. The van der Waals surface area contributed by atoms with E-state index in [-0.39, 0.29) is 30.3 Å². The van der Waals surface area contributed by atoms with Crippen LogP contribution in [0.4, 0.5) is 0 Å². The standard InChI is InChI=1S/C19H24O5/c1-5-13-12(4)15-9-24-19(23)17(15)18(22)14(13)7-6-10(2)11(3)8-16(20)21/h6,11,22H,5,7-9H2,1-4H3,(H,20,21)/b10-6+. The smallest absolute Gasteiger partial charge is 0.342 e. The lowest BCUT2D eigenvalue weighted by atomic mass is 9.88. The van der Waals surface area contributed by atoms with Crippen molar-refractivity contribution in [3.63, 3.8) is 0 Å². The van der Waals surface area contributed by atoms with E-state index in [1.165, 1.54) is 0 Å². The lowest BCUT2D eigenvalue weighted by Crippen LogP contribution is -2.07. The topological polar surface area (TPSA) is 83.8 Å². The van der Waals surface area contributed by atoms with E-state index in [1.54, 1.807) is 0 Å². The van der Waals surface area contributed by atoms with Crippen molar-refractivity contribution < 1.29 is 24.5 Å². The Morgan fingerprint density at radius 3 is 2.62 bits per heavy atom. The molecule has 5 heteroatoms. The Morgan fingerprint density at radius 2 is 2.04 bits per heavy atom. The van der Waals surface area contributed by atoms with Gasteiger partial charge in [0, 0.05) is 11.1 Å². The van der Waals surface area contributed by atoms with Crippen molar-refractivity contribution in [2.75, 3.05) is 0 Å². The summed E-state index contributed by atoms with van der Waals surface area (Å²) in [7, 11) is 0. The third-order valence-corrected chi connectivity index (χ3v) is 4.89. The highest BCUT2D eigenvalue weighted by molar-refractivity contribution is 5.97. The number of carbonyl (C=O) groups is 2. The van der Waals surface area contributed by atoms with E-state index < -0.39 is 11.9 Å². The predicted molar refractivity (Wildman–Crippen MR) is 90.2 cm³/mol. The molecule has 0 spiro atoms. The van der Waals surface area contributed by atoms with Gasteiger partial charge in [0.25, 0.3) is 0 Å². The number of benzene rings is 1. The zero-order valence-electron chi connectivity index (χ0n) is 14.6. The van der Waals surface area contributed by atoms with E-state index in [0.717, 1.165) is 34.2 Å². The second-order valence-corrected chi connectivity index (χ2v) is 6.37. The highest BCUT2D eigenvalue weighted by Gasteiger charge is 2.30. The van der Waals surface area contributed by atoms with E-state index in [1.807, 2.05) is 33.8 Å². The molecule has 0 fully saturated rings. The van der Waals surface area contributed by atoms with E-state index >= 15 is 0 Å². The summed E-state index contributed by atoms with van der Waals surface area (Å²) in [6.07, 6.45) is 3.22. The van der Waals surface area contributed by atoms with Gasteiger partial charge < -0.3 is 14.9 Å². The van der Waals surface area contributed by atoms with Gasteiger partial charge in [-0.15, -0.1) is 0 Å². The number of esters is 1. The first-order valence-electron chi connectivity index (χ1n) is 8.19. The van der Waals surface area contributed by atoms with Crippen LogP contribution in [0.2, 0.25) is 0 Å². The predicted octanol–water partition coefficient (Wildman–Crippen LogP) is 3.53. The number of hydrogen-bond donors (Lipinski definition) is 2. The normalized spacial score (nSPS) is 15.2. The van der Waals surface area contributed by atoms with Gasteiger partial charge in [-0.3, -0.25) is 4.79 Å². The Balaban J connectivity index is 2.40. The molecule has 5 nitrogen and oxygen atoms in total. The van der Waals surface area contributed by atoms with Crippen LogP contribution in [-0.2, 0) is 29.0 Å². The minimum Gasteiger partial charge on any atom is -0.507 e. The summed E-state index contributed by atoms with van der Waals surface area (Å²) in [6.45, 7) is 7.94. The van der Waals surface area contributed by atoms with E-state index in [9.17, 15) is 14.7 Å². The van der Waals surface area contributed by atoms with Crippen molar-refractivity contribution in [3.05, 3.63) is 39.5 Å². The first-order valence-corrected chi connectivity index (χ1v) is 8.19. The molecule has 1 unspecified atom stereocenters. The SMILES string of the molecule is CCc1c(C)c2c(c(O)c1C/C=C(\C)C(C)CC(=O)O)C(=O)OC2. The molecule has 0 amide bonds. The molecule has 1 aliphatic rings. The lowest BCUT2D eigenvalue weighted by molar-refractivity contribution is -0.137. The van der Waals surface area contributed by atoms with Crippen molar-refractivity contribution in [3.8, 4) is 5.75 Å². The molecular weight excluding hydrogens is 308 g/mol. The molecule has 0 bridgehead atoms. The summed E-state index contributed by atoms with van der Waals surface area (Å²) in [5, 5.41) is 19.5. The molecule has 1 atom stereocenters. The van der Waals surface area contributed by atoms with Crippen LogP contribution in [0.15, 0.2) is 11.6 Å². The number of cyclic esters (lactones) is 1. The maximum atomic E-state index is 11.9. The Hall–Kier alpha value is -2.30. The fourth-order valence-electron chi connectivity index (χ4n) is 3.23. The lowest BCUT2D eigenvalue weighted by Gasteiger charge is -2.16. The van der Waals surface area contributed by atoms with E-state index in [4.69, 9.17) is 9.84 Å². The molecule has 1 heterocycles. The number of carboxylic acids is 1. The molecule has 0 saturated heterocycles. The average Bonchev–Trinajstić information content (AvgIpc) is 2.90. The van der Waals surface area contributed by atoms with Gasteiger partial charge >= 0.3 is 11.9 Å². The molecule has 0 aromatic heterocycles. The van der Waals surface area contributed by atoms with Gasteiger partial charge in [0.1, 0.15) is 17.9 Å². The van der Waals surface area contributed by atoms with Crippen molar-refractivity contribution in [1.82, 2.24) is 0 Å². The number of ether oxygens (including phenoxy) is 1. The number of carboxylic acid groups (broad SMARTS) is 1. The third kappa shape index (κ3) is 3.30. The number of phenols is 1. The monoisotopic (exact) mass is 332 g/mol. The number of hydrogen-bond acceptors (Lipinski definition) is 4. The summed E-state index contributed by atoms with van der Waals surface area (Å²) >= 11 is 0. The zero-order valence-corrected chi connectivity index (χ0v) is 14.6. The van der Waals surface area contributed by atoms with Crippen molar-refractivity contribution in [2.45, 2.75) is 53.6 Å². The number of aliphatic carboxylic acids is 1. The first-order chi connectivity index (χ1) is 11.3. The van der Waals surface area contributed by atoms with Gasteiger partial charge in [-0.25, -0.2) is 4.79 Å². The highest BCUT2D eigenvalue weighted by Crippen LogP contribution is 2.38. The molecule has 0 aliphatic carbocycles. The van der Waals surface area contributed by atoms with Crippen LogP contribution in [0.5, 0.6) is 5.75 Å². The Bertz CT molecular complexity index is 715. The largest absolute Gasteiger partial charge is 0.507 e.